The average molecular weight is 571 g/mol. The van der Waals surface area contributed by atoms with Crippen LogP contribution in [-0.4, -0.2) is 39.8 Å². The van der Waals surface area contributed by atoms with E-state index in [4.69, 9.17) is 10.5 Å². The Kier molecular flexibility index (Phi) is 7.70. The molecule has 0 radical (unpaired) electrons. The number of amides is 1. The molecule has 1 fully saturated rings. The van der Waals surface area contributed by atoms with Crippen LogP contribution in [0.15, 0.2) is 95.1 Å². The molecule has 41 heavy (non-hydrogen) atoms. The minimum Gasteiger partial charge on any atom is -0.479 e. The summed E-state index contributed by atoms with van der Waals surface area (Å²) in [5, 5.41) is 12.6. The van der Waals surface area contributed by atoms with Crippen molar-refractivity contribution in [2.24, 2.45) is 4.99 Å². The summed E-state index contributed by atoms with van der Waals surface area (Å²) in [6.45, 7) is 0. The first-order valence-corrected chi connectivity index (χ1v) is 13.1. The van der Waals surface area contributed by atoms with Gasteiger partial charge in [-0.2, -0.15) is 0 Å². The molecule has 2 heterocycles. The number of nitrogens with zero attached hydrogens (tertiary/aromatic N) is 2. The zero-order chi connectivity index (χ0) is 29.1. The number of carbonyl (C=O) groups excluding carboxylic acids is 2. The Morgan fingerprint density at radius 3 is 2.41 bits per heavy atom. The largest absolute Gasteiger partial charge is 0.479 e. The number of carboxylic acid groups (broad SMARTS) is 1. The third-order valence-corrected chi connectivity index (χ3v) is 7.24. The fourth-order valence-corrected chi connectivity index (χ4v) is 5.11. The SMILES string of the molecule is COC(=O)c1cc(-c2ccc(C=C3SC(=Nc4ccc(C(C(=O)O)n5cccc5)cc4)NC3=O)c(F)c2)ccc1N. The Bertz CT molecular complexity index is 1720. The molecule has 4 aromatic rings. The summed E-state index contributed by atoms with van der Waals surface area (Å²) in [7, 11) is 1.25. The third kappa shape index (κ3) is 5.89. The van der Waals surface area contributed by atoms with Gasteiger partial charge < -0.3 is 25.5 Å². The van der Waals surface area contributed by atoms with Crippen molar-refractivity contribution in [3.63, 3.8) is 0 Å². The molecule has 3 aromatic carbocycles. The fraction of sp³-hybridized carbons (Fsp3) is 0.0667. The summed E-state index contributed by atoms with van der Waals surface area (Å²) in [6, 6.07) is 18.6. The number of hydrogen-bond donors (Lipinski definition) is 3. The van der Waals surface area contributed by atoms with Gasteiger partial charge in [0, 0.05) is 23.6 Å². The number of ether oxygens (including phenoxy) is 1. The number of thioether (sulfide) groups is 1. The van der Waals surface area contributed by atoms with Crippen molar-refractivity contribution in [1.29, 1.82) is 0 Å². The maximum atomic E-state index is 15.1. The topological polar surface area (TPSA) is 136 Å². The number of nitrogens with two attached hydrogens (primary N) is 1. The Morgan fingerprint density at radius 2 is 1.76 bits per heavy atom. The zero-order valence-electron chi connectivity index (χ0n) is 21.6. The van der Waals surface area contributed by atoms with Crippen LogP contribution < -0.4 is 11.1 Å². The molecule has 1 aliphatic heterocycles. The van der Waals surface area contributed by atoms with Gasteiger partial charge in [0.15, 0.2) is 11.2 Å². The van der Waals surface area contributed by atoms with Gasteiger partial charge in [-0.1, -0.05) is 30.3 Å². The van der Waals surface area contributed by atoms with Crippen molar-refractivity contribution in [2.75, 3.05) is 12.8 Å². The molecule has 9 nitrogen and oxygen atoms in total. The van der Waals surface area contributed by atoms with E-state index in [2.05, 4.69) is 10.3 Å². The molecule has 5 rings (SSSR count). The van der Waals surface area contributed by atoms with Crippen molar-refractivity contribution in [1.82, 2.24) is 9.88 Å². The van der Waals surface area contributed by atoms with Gasteiger partial charge in [0.2, 0.25) is 0 Å². The number of aliphatic imine (C=N–C) groups is 1. The van der Waals surface area contributed by atoms with Gasteiger partial charge in [0.05, 0.1) is 23.3 Å². The number of amidine groups is 1. The van der Waals surface area contributed by atoms with Crippen molar-refractivity contribution < 1.29 is 28.6 Å². The molecule has 4 N–H and O–H groups in total. The Labute approximate surface area is 238 Å². The lowest BCUT2D eigenvalue weighted by molar-refractivity contribution is -0.139. The van der Waals surface area contributed by atoms with Crippen LogP contribution in [0, 0.1) is 5.82 Å². The molecule has 0 aliphatic carbocycles. The molecule has 0 saturated carbocycles. The number of carbonyl (C=O) groups is 3. The maximum Gasteiger partial charge on any atom is 0.339 e. The van der Waals surface area contributed by atoms with E-state index in [0.717, 1.165) is 11.8 Å². The summed E-state index contributed by atoms with van der Waals surface area (Å²) < 4.78 is 21.4. The van der Waals surface area contributed by atoms with E-state index in [-0.39, 0.29) is 21.7 Å². The quantitative estimate of drug-likeness (QED) is 0.157. The summed E-state index contributed by atoms with van der Waals surface area (Å²) in [5.74, 6) is -2.57. The number of aliphatic carboxylic acids is 1. The number of hydrogen-bond acceptors (Lipinski definition) is 7. The summed E-state index contributed by atoms with van der Waals surface area (Å²) in [5.41, 5.74) is 8.67. The van der Waals surface area contributed by atoms with Gasteiger partial charge in [-0.15, -0.1) is 0 Å². The normalized spacial score (nSPS) is 15.6. The highest BCUT2D eigenvalue weighted by Gasteiger charge is 2.25. The lowest BCUT2D eigenvalue weighted by Gasteiger charge is -2.14. The zero-order valence-corrected chi connectivity index (χ0v) is 22.4. The van der Waals surface area contributed by atoms with Crippen molar-refractivity contribution in [3.8, 4) is 11.1 Å². The minimum atomic E-state index is -0.992. The molecule has 0 bridgehead atoms. The smallest absolute Gasteiger partial charge is 0.339 e. The van der Waals surface area contributed by atoms with E-state index in [0.29, 0.717) is 27.5 Å². The first-order chi connectivity index (χ1) is 19.7. The fourth-order valence-electron chi connectivity index (χ4n) is 4.28. The van der Waals surface area contributed by atoms with Gasteiger partial charge in [-0.3, -0.25) is 4.79 Å². The van der Waals surface area contributed by atoms with E-state index in [1.807, 2.05) is 0 Å². The maximum absolute atomic E-state index is 15.1. The third-order valence-electron chi connectivity index (χ3n) is 6.33. The molecular formula is C30H23FN4O5S. The van der Waals surface area contributed by atoms with Crippen LogP contribution in [0.25, 0.3) is 17.2 Å². The lowest BCUT2D eigenvalue weighted by Crippen LogP contribution is -2.19. The Balaban J connectivity index is 1.33. The van der Waals surface area contributed by atoms with E-state index >= 15 is 4.39 Å². The molecule has 206 valence electrons. The van der Waals surface area contributed by atoms with Gasteiger partial charge in [0.25, 0.3) is 5.91 Å². The van der Waals surface area contributed by atoms with Crippen molar-refractivity contribution in [2.45, 2.75) is 6.04 Å². The number of aromatic nitrogens is 1. The summed E-state index contributed by atoms with van der Waals surface area (Å²) in [6.07, 6.45) is 4.80. The molecule has 1 unspecified atom stereocenters. The van der Waals surface area contributed by atoms with E-state index in [1.54, 1.807) is 71.6 Å². The number of nitrogens with one attached hydrogen (secondary N) is 1. The Morgan fingerprint density at radius 1 is 1.07 bits per heavy atom. The lowest BCUT2D eigenvalue weighted by atomic mass is 10.00. The summed E-state index contributed by atoms with van der Waals surface area (Å²) >= 11 is 1.06. The summed E-state index contributed by atoms with van der Waals surface area (Å²) in [4.78, 5) is 41.0. The average Bonchev–Trinajstić information content (AvgIpc) is 3.60. The Hall–Kier alpha value is -5.16. The van der Waals surface area contributed by atoms with Crippen LogP contribution >= 0.6 is 11.8 Å². The number of anilines is 1. The van der Waals surface area contributed by atoms with Crippen LogP contribution in [-0.2, 0) is 14.3 Å². The molecule has 1 saturated heterocycles. The number of carboxylic acids is 1. The molecule has 1 aromatic heterocycles. The predicted octanol–water partition coefficient (Wildman–Crippen LogP) is 5.23. The van der Waals surface area contributed by atoms with Crippen molar-refractivity contribution in [3.05, 3.63) is 113 Å². The second-order valence-electron chi connectivity index (χ2n) is 8.97. The van der Waals surface area contributed by atoms with Crippen LogP contribution in [0.2, 0.25) is 0 Å². The number of benzene rings is 3. The second kappa shape index (κ2) is 11.5. The van der Waals surface area contributed by atoms with Crippen LogP contribution in [0.3, 0.4) is 0 Å². The minimum absolute atomic E-state index is 0.180. The number of nitrogen functional groups attached to an aromatic ring is 1. The van der Waals surface area contributed by atoms with Crippen molar-refractivity contribution >= 4 is 52.2 Å². The molecule has 0 spiro atoms. The standard InChI is InChI=1S/C30H23FN4O5S/c1-40-29(39)22-14-18(8-11-24(22)32)19-4-5-20(23(31)15-19)16-25-27(36)34-30(41-25)33-21-9-6-17(7-10-21)26(28(37)38)35-12-2-3-13-35/h2-16,26H,32H2,1H3,(H,37,38)(H,33,34,36). The van der Waals surface area contributed by atoms with Gasteiger partial charge in [-0.25, -0.2) is 19.0 Å². The second-order valence-corrected chi connectivity index (χ2v) is 10.0. The number of rotatable bonds is 7. The highest BCUT2D eigenvalue weighted by molar-refractivity contribution is 8.18. The highest BCUT2D eigenvalue weighted by atomic mass is 32.2. The first kappa shape index (κ1) is 27.4. The van der Waals surface area contributed by atoms with Crippen LogP contribution in [0.1, 0.15) is 27.5 Å². The van der Waals surface area contributed by atoms with Crippen LogP contribution in [0.5, 0.6) is 0 Å². The molecule has 1 atom stereocenters. The van der Waals surface area contributed by atoms with E-state index in [1.165, 1.54) is 31.4 Å². The molecule has 1 amide bonds. The highest BCUT2D eigenvalue weighted by Crippen LogP contribution is 2.31. The monoisotopic (exact) mass is 570 g/mol. The van der Waals surface area contributed by atoms with Gasteiger partial charge in [-0.05, 0) is 77.0 Å². The number of methoxy groups -OCH3 is 1. The number of esters is 1. The number of halogens is 1. The van der Waals surface area contributed by atoms with Gasteiger partial charge >= 0.3 is 11.9 Å². The van der Waals surface area contributed by atoms with E-state index in [9.17, 15) is 19.5 Å². The molecule has 11 heteroatoms. The predicted molar refractivity (Wildman–Crippen MR) is 155 cm³/mol. The molecule has 1 aliphatic rings. The van der Waals surface area contributed by atoms with E-state index < -0.39 is 29.7 Å². The first-order valence-electron chi connectivity index (χ1n) is 12.3. The van der Waals surface area contributed by atoms with Gasteiger partial charge in [0.1, 0.15) is 5.82 Å². The molecular weight excluding hydrogens is 547 g/mol. The van der Waals surface area contributed by atoms with Crippen LogP contribution in [0.4, 0.5) is 15.8 Å².